The summed E-state index contributed by atoms with van der Waals surface area (Å²) in [6.45, 7) is 6.16. The van der Waals surface area contributed by atoms with Crippen molar-refractivity contribution < 1.29 is 4.74 Å². The van der Waals surface area contributed by atoms with E-state index in [4.69, 9.17) is 4.74 Å². The van der Waals surface area contributed by atoms with E-state index in [1.165, 1.54) is 0 Å². The molecule has 0 spiro atoms. The predicted octanol–water partition coefficient (Wildman–Crippen LogP) is 1.13. The first kappa shape index (κ1) is 12.2. The summed E-state index contributed by atoms with van der Waals surface area (Å²) in [6, 6.07) is 0.436. The van der Waals surface area contributed by atoms with Crippen molar-refractivity contribution in [2.75, 3.05) is 13.1 Å². The minimum Gasteiger partial charge on any atom is -0.459 e. The standard InChI is InChI=1S/C12H20N4O/c1-3-10-11(4-2)15-16-12(14-10)17-9-5-7-13-8-6-9/h9,13H,3-8H2,1-2H3. The lowest BCUT2D eigenvalue weighted by Gasteiger charge is -2.22. The van der Waals surface area contributed by atoms with E-state index in [2.05, 4.69) is 34.3 Å². The first-order valence-corrected chi connectivity index (χ1v) is 6.43. The number of aromatic nitrogens is 3. The van der Waals surface area contributed by atoms with Crippen molar-refractivity contribution in [3.63, 3.8) is 0 Å². The number of nitrogens with zero attached hydrogens (tertiary/aromatic N) is 3. The highest BCUT2D eigenvalue weighted by molar-refractivity contribution is 5.12. The molecule has 1 aliphatic rings. The predicted molar refractivity (Wildman–Crippen MR) is 65.1 cm³/mol. The van der Waals surface area contributed by atoms with Crippen molar-refractivity contribution in [3.8, 4) is 6.01 Å². The van der Waals surface area contributed by atoms with Crippen molar-refractivity contribution in [2.24, 2.45) is 0 Å². The summed E-state index contributed by atoms with van der Waals surface area (Å²) in [5.74, 6) is 0. The third-order valence-corrected chi connectivity index (χ3v) is 3.05. The van der Waals surface area contributed by atoms with Crippen LogP contribution >= 0.6 is 0 Å². The largest absolute Gasteiger partial charge is 0.459 e. The first-order chi connectivity index (χ1) is 8.33. The average Bonchev–Trinajstić information content (AvgIpc) is 2.40. The van der Waals surface area contributed by atoms with Crippen LogP contribution in [0.2, 0.25) is 0 Å². The Morgan fingerprint density at radius 1 is 1.12 bits per heavy atom. The zero-order chi connectivity index (χ0) is 12.1. The molecule has 0 saturated carbocycles. The Bertz CT molecular complexity index is 364. The van der Waals surface area contributed by atoms with Gasteiger partial charge in [0.1, 0.15) is 6.10 Å². The van der Waals surface area contributed by atoms with Crippen LogP contribution in [0.25, 0.3) is 0 Å². The molecular formula is C12H20N4O. The van der Waals surface area contributed by atoms with Gasteiger partial charge in [0.2, 0.25) is 0 Å². The second kappa shape index (κ2) is 5.91. The Labute approximate surface area is 102 Å². The van der Waals surface area contributed by atoms with Crippen LogP contribution in [-0.2, 0) is 12.8 Å². The Morgan fingerprint density at radius 3 is 2.47 bits per heavy atom. The molecule has 1 fully saturated rings. The van der Waals surface area contributed by atoms with E-state index in [0.29, 0.717) is 6.01 Å². The molecule has 0 aliphatic carbocycles. The molecule has 5 heteroatoms. The Kier molecular flexibility index (Phi) is 4.25. The maximum atomic E-state index is 5.77. The Hall–Kier alpha value is -1.23. The normalized spacial score (nSPS) is 17.1. The van der Waals surface area contributed by atoms with E-state index in [-0.39, 0.29) is 6.10 Å². The summed E-state index contributed by atoms with van der Waals surface area (Å²) >= 11 is 0. The van der Waals surface area contributed by atoms with Crippen LogP contribution in [-0.4, -0.2) is 34.4 Å². The molecule has 0 amide bonds. The fourth-order valence-corrected chi connectivity index (χ4v) is 2.03. The lowest BCUT2D eigenvalue weighted by Crippen LogP contribution is -2.34. The topological polar surface area (TPSA) is 59.9 Å². The maximum Gasteiger partial charge on any atom is 0.336 e. The molecule has 2 heterocycles. The van der Waals surface area contributed by atoms with Gasteiger partial charge >= 0.3 is 6.01 Å². The molecule has 0 bridgehead atoms. The van der Waals surface area contributed by atoms with Gasteiger partial charge in [-0.2, -0.15) is 4.98 Å². The third-order valence-electron chi connectivity index (χ3n) is 3.05. The number of piperidine rings is 1. The minimum absolute atomic E-state index is 0.232. The summed E-state index contributed by atoms with van der Waals surface area (Å²) in [6.07, 6.45) is 4.01. The van der Waals surface area contributed by atoms with Gasteiger partial charge in [0.05, 0.1) is 11.4 Å². The molecule has 0 radical (unpaired) electrons. The smallest absolute Gasteiger partial charge is 0.336 e. The molecule has 17 heavy (non-hydrogen) atoms. The van der Waals surface area contributed by atoms with Gasteiger partial charge in [0, 0.05) is 0 Å². The lowest BCUT2D eigenvalue weighted by molar-refractivity contribution is 0.146. The third kappa shape index (κ3) is 3.12. The van der Waals surface area contributed by atoms with Gasteiger partial charge in [-0.25, -0.2) is 0 Å². The van der Waals surface area contributed by atoms with E-state index < -0.39 is 0 Å². The van der Waals surface area contributed by atoms with E-state index in [1.54, 1.807) is 0 Å². The van der Waals surface area contributed by atoms with Gasteiger partial charge in [0.25, 0.3) is 0 Å². The number of hydrogen-bond donors (Lipinski definition) is 1. The van der Waals surface area contributed by atoms with Crippen LogP contribution in [0.4, 0.5) is 0 Å². The second-order valence-electron chi connectivity index (χ2n) is 4.26. The molecule has 94 valence electrons. The molecular weight excluding hydrogens is 216 g/mol. The Balaban J connectivity index is 2.05. The SMILES string of the molecule is CCc1nnc(OC2CCNCC2)nc1CC. The van der Waals surface area contributed by atoms with Crippen molar-refractivity contribution in [1.29, 1.82) is 0 Å². The minimum atomic E-state index is 0.232. The second-order valence-corrected chi connectivity index (χ2v) is 4.26. The van der Waals surface area contributed by atoms with E-state index in [9.17, 15) is 0 Å². The molecule has 2 rings (SSSR count). The highest BCUT2D eigenvalue weighted by atomic mass is 16.5. The van der Waals surface area contributed by atoms with Crippen molar-refractivity contribution >= 4 is 0 Å². The summed E-state index contributed by atoms with van der Waals surface area (Å²) in [5, 5.41) is 11.5. The molecule has 0 aromatic carbocycles. The molecule has 1 aromatic rings. The quantitative estimate of drug-likeness (QED) is 0.849. The molecule has 5 nitrogen and oxygen atoms in total. The van der Waals surface area contributed by atoms with Crippen LogP contribution in [0, 0.1) is 0 Å². The van der Waals surface area contributed by atoms with Crippen LogP contribution in [0.1, 0.15) is 38.1 Å². The zero-order valence-electron chi connectivity index (χ0n) is 10.6. The van der Waals surface area contributed by atoms with E-state index >= 15 is 0 Å². The molecule has 1 aromatic heterocycles. The number of ether oxygens (including phenoxy) is 1. The number of nitrogens with one attached hydrogen (secondary N) is 1. The van der Waals surface area contributed by atoms with Crippen molar-refractivity contribution in [1.82, 2.24) is 20.5 Å². The molecule has 0 atom stereocenters. The average molecular weight is 236 g/mol. The van der Waals surface area contributed by atoms with Crippen LogP contribution in [0.15, 0.2) is 0 Å². The van der Waals surface area contributed by atoms with E-state index in [0.717, 1.165) is 50.2 Å². The molecule has 1 saturated heterocycles. The van der Waals surface area contributed by atoms with Crippen molar-refractivity contribution in [3.05, 3.63) is 11.4 Å². The van der Waals surface area contributed by atoms with Gasteiger partial charge in [0.15, 0.2) is 0 Å². The summed E-state index contributed by atoms with van der Waals surface area (Å²) in [4.78, 5) is 4.44. The molecule has 1 aliphatic heterocycles. The molecule has 1 N–H and O–H groups in total. The van der Waals surface area contributed by atoms with Gasteiger partial charge in [-0.1, -0.05) is 18.9 Å². The summed E-state index contributed by atoms with van der Waals surface area (Å²) in [7, 11) is 0. The summed E-state index contributed by atoms with van der Waals surface area (Å²) in [5.41, 5.74) is 1.98. The molecule has 0 unspecified atom stereocenters. The fourth-order valence-electron chi connectivity index (χ4n) is 2.03. The van der Waals surface area contributed by atoms with Gasteiger partial charge in [-0.3, -0.25) is 0 Å². The van der Waals surface area contributed by atoms with Gasteiger partial charge in [-0.05, 0) is 38.8 Å². The maximum absolute atomic E-state index is 5.77. The van der Waals surface area contributed by atoms with Gasteiger partial charge in [-0.15, -0.1) is 5.10 Å². The van der Waals surface area contributed by atoms with Crippen LogP contribution < -0.4 is 10.1 Å². The number of aryl methyl sites for hydroxylation is 2. The highest BCUT2D eigenvalue weighted by Gasteiger charge is 2.16. The number of hydrogen-bond acceptors (Lipinski definition) is 5. The monoisotopic (exact) mass is 236 g/mol. The first-order valence-electron chi connectivity index (χ1n) is 6.43. The zero-order valence-corrected chi connectivity index (χ0v) is 10.6. The Morgan fingerprint density at radius 2 is 1.82 bits per heavy atom. The fraction of sp³-hybridized carbons (Fsp3) is 0.750. The number of rotatable bonds is 4. The van der Waals surface area contributed by atoms with Gasteiger partial charge < -0.3 is 10.1 Å². The van der Waals surface area contributed by atoms with Crippen molar-refractivity contribution in [2.45, 2.75) is 45.6 Å². The van der Waals surface area contributed by atoms with E-state index in [1.807, 2.05) is 0 Å². The highest BCUT2D eigenvalue weighted by Crippen LogP contribution is 2.13. The van der Waals surface area contributed by atoms with Crippen LogP contribution in [0.3, 0.4) is 0 Å². The lowest BCUT2D eigenvalue weighted by atomic mass is 10.1. The summed E-state index contributed by atoms with van der Waals surface area (Å²) < 4.78 is 5.77. The van der Waals surface area contributed by atoms with Crippen LogP contribution in [0.5, 0.6) is 6.01 Å².